The quantitative estimate of drug-likeness (QED) is 0.165. The van der Waals surface area contributed by atoms with Crippen molar-refractivity contribution < 1.29 is 88.6 Å². The molecule has 0 saturated carbocycles. The van der Waals surface area contributed by atoms with Gasteiger partial charge < -0.3 is 10.1 Å². The van der Waals surface area contributed by atoms with Gasteiger partial charge in [0.15, 0.2) is 0 Å². The molecule has 0 spiro atoms. The van der Waals surface area contributed by atoms with Crippen LogP contribution >= 0.6 is 0 Å². The first-order valence-electron chi connectivity index (χ1n) is 15.6. The number of alkyl halides is 18. The summed E-state index contributed by atoms with van der Waals surface area (Å²) in [6.45, 7) is -0.740. The van der Waals surface area contributed by atoms with Crippen molar-refractivity contribution in [3.63, 3.8) is 0 Å². The van der Waals surface area contributed by atoms with E-state index in [2.05, 4.69) is 5.32 Å². The van der Waals surface area contributed by atoms with E-state index in [1.54, 1.807) is 30.3 Å². The standard InChI is InChI=1S/C34H25F18NO2/c35-27(36,29(39,40)31(43,44)33(47,48)49)12-10-18-6-8-21-22-9-7-19(11-13-28(37,38)30(41,42)32(45,46)34(50,51)52)15-24(22)25(23(21)14-18)17-55-26(54)53-16-20-4-2-1-3-5-20/h1-9,14-15,25H,10-13,16-17H2,(H,53,54). The maximum absolute atomic E-state index is 14.3. The lowest BCUT2D eigenvalue weighted by atomic mass is 9.92. The summed E-state index contributed by atoms with van der Waals surface area (Å²) < 4.78 is 247. The fraction of sp³-hybridized carbons (Fsp3) is 0.441. The highest BCUT2D eigenvalue weighted by Gasteiger charge is 2.82. The van der Waals surface area contributed by atoms with E-state index in [0.29, 0.717) is 5.56 Å². The fourth-order valence-electron chi connectivity index (χ4n) is 5.66. The maximum Gasteiger partial charge on any atom is 0.460 e. The Balaban J connectivity index is 1.62. The number of ether oxygens (including phenoxy) is 1. The smallest absolute Gasteiger partial charge is 0.449 e. The monoisotopic (exact) mass is 821 g/mol. The first-order chi connectivity index (χ1) is 25.0. The summed E-state index contributed by atoms with van der Waals surface area (Å²) >= 11 is 0. The van der Waals surface area contributed by atoms with Crippen molar-refractivity contribution in [1.29, 1.82) is 0 Å². The first-order valence-corrected chi connectivity index (χ1v) is 15.6. The fourth-order valence-corrected chi connectivity index (χ4v) is 5.66. The zero-order valence-corrected chi connectivity index (χ0v) is 27.3. The number of carbonyl (C=O) groups is 1. The van der Waals surface area contributed by atoms with E-state index in [-0.39, 0.29) is 39.9 Å². The number of hydrogen-bond donors (Lipinski definition) is 1. The second-order valence-corrected chi connectivity index (χ2v) is 12.5. The molecule has 0 aliphatic heterocycles. The summed E-state index contributed by atoms with van der Waals surface area (Å²) in [5.74, 6) is -41.0. The Hall–Kier alpha value is -4.33. The van der Waals surface area contributed by atoms with Crippen molar-refractivity contribution >= 4 is 6.09 Å². The number of alkyl carbamates (subject to hydrolysis) is 1. The number of carbonyl (C=O) groups excluding carboxylic acids is 1. The molecule has 0 aromatic heterocycles. The summed E-state index contributed by atoms with van der Waals surface area (Å²) in [7, 11) is 0. The lowest BCUT2D eigenvalue weighted by Gasteiger charge is -2.33. The number of halogens is 18. The molecule has 0 radical (unpaired) electrons. The van der Waals surface area contributed by atoms with Gasteiger partial charge in [-0.05, 0) is 51.8 Å². The Labute approximate surface area is 298 Å². The number of nitrogens with one attached hydrogen (secondary N) is 1. The Kier molecular flexibility index (Phi) is 11.5. The molecule has 1 aliphatic rings. The van der Waals surface area contributed by atoms with Crippen molar-refractivity contribution in [3.05, 3.63) is 94.5 Å². The van der Waals surface area contributed by atoms with Gasteiger partial charge in [0.25, 0.3) is 0 Å². The van der Waals surface area contributed by atoms with E-state index in [4.69, 9.17) is 4.74 Å². The van der Waals surface area contributed by atoms with Crippen LogP contribution in [0, 0.1) is 0 Å². The Morgan fingerprint density at radius 1 is 0.527 bits per heavy atom. The summed E-state index contributed by atoms with van der Waals surface area (Å²) in [6.07, 6.45) is -22.0. The topological polar surface area (TPSA) is 38.3 Å². The molecule has 21 heteroatoms. The van der Waals surface area contributed by atoms with Crippen molar-refractivity contribution in [2.45, 2.75) is 86.0 Å². The molecule has 0 bridgehead atoms. The van der Waals surface area contributed by atoms with Gasteiger partial charge in [-0.15, -0.1) is 0 Å². The van der Waals surface area contributed by atoms with E-state index in [0.717, 1.165) is 36.4 Å². The molecular weight excluding hydrogens is 796 g/mol. The van der Waals surface area contributed by atoms with Crippen molar-refractivity contribution in [2.75, 3.05) is 6.61 Å². The third kappa shape index (κ3) is 8.15. The molecule has 3 nitrogen and oxygen atoms in total. The lowest BCUT2D eigenvalue weighted by Crippen LogP contribution is -2.60. The van der Waals surface area contributed by atoms with Crippen molar-refractivity contribution in [1.82, 2.24) is 5.32 Å². The minimum atomic E-state index is -7.12. The van der Waals surface area contributed by atoms with Gasteiger partial charge >= 0.3 is 54.0 Å². The van der Waals surface area contributed by atoms with Crippen LogP contribution in [0.25, 0.3) is 11.1 Å². The summed E-state index contributed by atoms with van der Waals surface area (Å²) in [5, 5.41) is 2.39. The number of benzene rings is 3. The van der Waals surface area contributed by atoms with Crippen LogP contribution in [0.5, 0.6) is 0 Å². The molecule has 1 aliphatic carbocycles. The van der Waals surface area contributed by atoms with Crippen LogP contribution in [0.15, 0.2) is 66.7 Å². The molecule has 55 heavy (non-hydrogen) atoms. The molecule has 0 atom stereocenters. The van der Waals surface area contributed by atoms with Gasteiger partial charge in [0.1, 0.15) is 6.61 Å². The number of fused-ring (bicyclic) bond motifs is 3. The molecule has 0 unspecified atom stereocenters. The summed E-state index contributed by atoms with van der Waals surface area (Å²) in [4.78, 5) is 12.5. The average Bonchev–Trinajstić information content (AvgIpc) is 3.39. The van der Waals surface area contributed by atoms with E-state index in [9.17, 15) is 83.8 Å². The van der Waals surface area contributed by atoms with Gasteiger partial charge in [-0.2, -0.15) is 79.0 Å². The van der Waals surface area contributed by atoms with E-state index < -0.39 is 92.2 Å². The Bertz CT molecular complexity index is 1730. The zero-order chi connectivity index (χ0) is 41.6. The second kappa shape index (κ2) is 14.6. The van der Waals surface area contributed by atoms with E-state index >= 15 is 0 Å². The van der Waals surface area contributed by atoms with Crippen molar-refractivity contribution in [2.24, 2.45) is 0 Å². The van der Waals surface area contributed by atoms with Gasteiger partial charge in [-0.1, -0.05) is 66.7 Å². The Morgan fingerprint density at radius 2 is 0.927 bits per heavy atom. The highest BCUT2D eigenvalue weighted by molar-refractivity contribution is 5.80. The maximum atomic E-state index is 14.3. The molecule has 3 aromatic carbocycles. The minimum absolute atomic E-state index is 0.0258. The number of rotatable bonds is 14. The SMILES string of the molecule is O=C(NCc1ccccc1)OCC1c2cc(CCC(F)(F)C(F)(F)C(F)(F)C(F)(F)F)ccc2-c2ccc(CCC(F)(F)C(F)(F)C(F)(F)C(F)(F)F)cc21. The van der Waals surface area contributed by atoms with E-state index in [1.807, 2.05) is 0 Å². The molecular formula is C34H25F18NO2. The molecule has 0 heterocycles. The van der Waals surface area contributed by atoms with Crippen LogP contribution in [0.1, 0.15) is 46.6 Å². The van der Waals surface area contributed by atoms with Crippen LogP contribution in [-0.4, -0.2) is 60.6 Å². The molecule has 3 aromatic rings. The van der Waals surface area contributed by atoms with Crippen LogP contribution < -0.4 is 5.32 Å². The zero-order valence-electron chi connectivity index (χ0n) is 27.3. The average molecular weight is 822 g/mol. The minimum Gasteiger partial charge on any atom is -0.449 e. The predicted molar refractivity (Wildman–Crippen MR) is 157 cm³/mol. The number of amides is 1. The molecule has 1 amide bonds. The molecule has 0 fully saturated rings. The molecule has 4 rings (SSSR count). The van der Waals surface area contributed by atoms with Gasteiger partial charge in [0.2, 0.25) is 0 Å². The van der Waals surface area contributed by atoms with Crippen LogP contribution in [0.4, 0.5) is 83.8 Å². The summed E-state index contributed by atoms with van der Waals surface area (Å²) in [5.41, 5.74) is 0.343. The van der Waals surface area contributed by atoms with Crippen LogP contribution in [0.3, 0.4) is 0 Å². The number of aryl methyl sites for hydroxylation is 2. The first kappa shape index (κ1) is 43.4. The third-order valence-electron chi connectivity index (χ3n) is 8.81. The summed E-state index contributed by atoms with van der Waals surface area (Å²) in [6, 6.07) is 14.6. The highest BCUT2D eigenvalue weighted by Crippen LogP contribution is 2.56. The molecule has 304 valence electrons. The van der Waals surface area contributed by atoms with Crippen molar-refractivity contribution in [3.8, 4) is 11.1 Å². The van der Waals surface area contributed by atoms with Gasteiger partial charge in [-0.25, -0.2) is 4.79 Å². The van der Waals surface area contributed by atoms with Crippen LogP contribution in [0.2, 0.25) is 0 Å². The van der Waals surface area contributed by atoms with Gasteiger partial charge in [0, 0.05) is 25.3 Å². The molecule has 1 N–H and O–H groups in total. The normalized spacial score (nSPS) is 14.8. The largest absolute Gasteiger partial charge is 0.460 e. The second-order valence-electron chi connectivity index (χ2n) is 12.5. The molecule has 0 saturated heterocycles. The van der Waals surface area contributed by atoms with Gasteiger partial charge in [-0.3, -0.25) is 0 Å². The predicted octanol–water partition coefficient (Wildman–Crippen LogP) is 11.5. The van der Waals surface area contributed by atoms with Gasteiger partial charge in [0.05, 0.1) is 0 Å². The van der Waals surface area contributed by atoms with Crippen LogP contribution in [-0.2, 0) is 24.1 Å². The third-order valence-corrected chi connectivity index (χ3v) is 8.81. The number of hydrogen-bond acceptors (Lipinski definition) is 2. The lowest BCUT2D eigenvalue weighted by molar-refractivity contribution is -0.396. The van der Waals surface area contributed by atoms with E-state index in [1.165, 1.54) is 0 Å². The highest BCUT2D eigenvalue weighted by atomic mass is 19.4. The Morgan fingerprint density at radius 3 is 1.31 bits per heavy atom.